The van der Waals surface area contributed by atoms with Crippen LogP contribution in [0.1, 0.15) is 19.8 Å². The summed E-state index contributed by atoms with van der Waals surface area (Å²) in [7, 11) is -3.77. The van der Waals surface area contributed by atoms with Gasteiger partial charge in [-0.25, -0.2) is 4.79 Å². The Morgan fingerprint density at radius 2 is 1.83 bits per heavy atom. The van der Waals surface area contributed by atoms with Crippen molar-refractivity contribution < 1.29 is 44.8 Å². The van der Waals surface area contributed by atoms with Crippen LogP contribution in [0.4, 0.5) is 13.2 Å². The summed E-state index contributed by atoms with van der Waals surface area (Å²) in [4.78, 5) is 22.4. The molecule has 0 saturated heterocycles. The third-order valence-corrected chi connectivity index (χ3v) is 3.57. The van der Waals surface area contributed by atoms with Gasteiger partial charge in [-0.3, -0.25) is 8.98 Å². The van der Waals surface area contributed by atoms with Crippen molar-refractivity contribution in [1.82, 2.24) is 0 Å². The quantitative estimate of drug-likeness (QED) is 0.264. The molecule has 0 aliphatic heterocycles. The lowest BCUT2D eigenvalue weighted by atomic mass is 10.3. The Hall–Kier alpha value is -1.62. The third kappa shape index (κ3) is 9.18. The van der Waals surface area contributed by atoms with Crippen LogP contribution in [0.3, 0.4) is 0 Å². The van der Waals surface area contributed by atoms with E-state index in [9.17, 15) is 31.2 Å². The van der Waals surface area contributed by atoms with E-state index < -0.39 is 46.5 Å². The molecule has 0 heterocycles. The summed E-state index contributed by atoms with van der Waals surface area (Å²) in [6.45, 7) is 4.51. The Labute approximate surface area is 131 Å². The SMILES string of the molecule is C=C(C)C(=O)OCCCC(=O)OC(CS(=O)(=O)OC)C(F)(F)F. The summed E-state index contributed by atoms with van der Waals surface area (Å²) in [5.74, 6) is -3.51. The van der Waals surface area contributed by atoms with E-state index in [1.165, 1.54) is 6.92 Å². The highest BCUT2D eigenvalue weighted by molar-refractivity contribution is 7.86. The van der Waals surface area contributed by atoms with E-state index in [2.05, 4.69) is 20.2 Å². The Morgan fingerprint density at radius 1 is 1.26 bits per heavy atom. The summed E-state index contributed by atoms with van der Waals surface area (Å²) in [6, 6.07) is 0. The largest absolute Gasteiger partial charge is 0.462 e. The van der Waals surface area contributed by atoms with Gasteiger partial charge in [-0.05, 0) is 13.3 Å². The maximum absolute atomic E-state index is 12.7. The highest BCUT2D eigenvalue weighted by Crippen LogP contribution is 2.25. The number of halogens is 3. The van der Waals surface area contributed by atoms with Crippen molar-refractivity contribution >= 4 is 22.1 Å². The lowest BCUT2D eigenvalue weighted by Gasteiger charge is -2.20. The van der Waals surface area contributed by atoms with Gasteiger partial charge in [0, 0.05) is 12.0 Å². The Balaban J connectivity index is 4.46. The molecule has 1 atom stereocenters. The van der Waals surface area contributed by atoms with Gasteiger partial charge in [-0.2, -0.15) is 21.6 Å². The Bertz CT molecular complexity index is 539. The molecule has 7 nitrogen and oxygen atoms in total. The highest BCUT2D eigenvalue weighted by atomic mass is 32.2. The van der Waals surface area contributed by atoms with Crippen molar-refractivity contribution in [2.45, 2.75) is 32.0 Å². The minimum Gasteiger partial charge on any atom is -0.462 e. The van der Waals surface area contributed by atoms with Crippen LogP contribution in [0.5, 0.6) is 0 Å². The van der Waals surface area contributed by atoms with Crippen LogP contribution in [0, 0.1) is 0 Å². The molecule has 1 unspecified atom stereocenters. The zero-order chi connectivity index (χ0) is 18.3. The van der Waals surface area contributed by atoms with Crippen LogP contribution >= 0.6 is 0 Å². The van der Waals surface area contributed by atoms with Gasteiger partial charge in [0.05, 0.1) is 13.7 Å². The number of alkyl halides is 3. The number of carbonyl (C=O) groups is 2. The monoisotopic (exact) mass is 362 g/mol. The van der Waals surface area contributed by atoms with Crippen LogP contribution in [0.25, 0.3) is 0 Å². The Kier molecular flexibility index (Phi) is 8.24. The van der Waals surface area contributed by atoms with E-state index in [0.717, 1.165) is 0 Å². The van der Waals surface area contributed by atoms with Crippen LogP contribution in [0.2, 0.25) is 0 Å². The van der Waals surface area contributed by atoms with Gasteiger partial charge >= 0.3 is 18.1 Å². The molecule has 134 valence electrons. The molecule has 0 rings (SSSR count). The summed E-state index contributed by atoms with van der Waals surface area (Å²) < 4.78 is 72.8. The van der Waals surface area contributed by atoms with Gasteiger partial charge in [0.2, 0.25) is 6.10 Å². The lowest BCUT2D eigenvalue weighted by molar-refractivity contribution is -0.215. The molecule has 0 saturated carbocycles. The van der Waals surface area contributed by atoms with E-state index in [4.69, 9.17) is 0 Å². The molecular formula is C12H17F3O7S. The molecule has 0 aromatic heterocycles. The standard InChI is InChI=1S/C12H17F3O7S/c1-8(2)11(17)21-6-4-5-10(16)22-9(12(13,14)15)7-23(18,19)20-3/h9H,1,4-7H2,2-3H3. The summed E-state index contributed by atoms with van der Waals surface area (Å²) in [5.41, 5.74) is 0.134. The van der Waals surface area contributed by atoms with E-state index in [-0.39, 0.29) is 18.6 Å². The molecule has 0 bridgehead atoms. The van der Waals surface area contributed by atoms with Crippen molar-refractivity contribution in [2.24, 2.45) is 0 Å². The number of esters is 2. The second kappa shape index (κ2) is 8.87. The summed E-state index contributed by atoms with van der Waals surface area (Å²) >= 11 is 0. The molecule has 11 heteroatoms. The molecule has 0 aliphatic rings. The molecule has 0 N–H and O–H groups in total. The Morgan fingerprint density at radius 3 is 2.26 bits per heavy atom. The van der Waals surface area contributed by atoms with Gasteiger partial charge in [0.25, 0.3) is 10.1 Å². The molecule has 0 amide bonds. The molecule has 23 heavy (non-hydrogen) atoms. The van der Waals surface area contributed by atoms with Gasteiger partial charge in [-0.1, -0.05) is 6.58 Å². The van der Waals surface area contributed by atoms with Gasteiger partial charge in [-0.15, -0.1) is 0 Å². The van der Waals surface area contributed by atoms with Crippen LogP contribution in [-0.4, -0.2) is 52.1 Å². The van der Waals surface area contributed by atoms with Crippen molar-refractivity contribution in [3.8, 4) is 0 Å². The first-order valence-electron chi connectivity index (χ1n) is 6.26. The van der Waals surface area contributed by atoms with E-state index in [1.807, 2.05) is 0 Å². The van der Waals surface area contributed by atoms with Crippen molar-refractivity contribution in [1.29, 1.82) is 0 Å². The molecule has 0 fully saturated rings. The molecule has 0 spiro atoms. The van der Waals surface area contributed by atoms with E-state index >= 15 is 0 Å². The number of rotatable bonds is 9. The van der Waals surface area contributed by atoms with Crippen molar-refractivity contribution in [2.75, 3.05) is 19.5 Å². The second-order valence-corrected chi connectivity index (χ2v) is 6.21. The average Bonchev–Trinajstić information content (AvgIpc) is 2.41. The first-order chi connectivity index (χ1) is 10.4. The van der Waals surface area contributed by atoms with Gasteiger partial charge in [0.1, 0.15) is 5.75 Å². The fourth-order valence-corrected chi connectivity index (χ4v) is 1.93. The molecule has 0 aromatic carbocycles. The second-order valence-electron chi connectivity index (χ2n) is 4.43. The molecule has 0 aromatic rings. The topological polar surface area (TPSA) is 96.0 Å². The molecular weight excluding hydrogens is 345 g/mol. The fraction of sp³-hybridized carbons (Fsp3) is 0.667. The van der Waals surface area contributed by atoms with E-state index in [0.29, 0.717) is 7.11 Å². The minimum atomic E-state index is -5.06. The first-order valence-corrected chi connectivity index (χ1v) is 7.84. The van der Waals surface area contributed by atoms with Crippen molar-refractivity contribution in [3.63, 3.8) is 0 Å². The maximum Gasteiger partial charge on any atom is 0.426 e. The number of hydrogen-bond acceptors (Lipinski definition) is 7. The summed E-state index contributed by atoms with van der Waals surface area (Å²) in [6.07, 6.45) is -8.46. The van der Waals surface area contributed by atoms with Gasteiger partial charge in [0.15, 0.2) is 0 Å². The van der Waals surface area contributed by atoms with Crippen LogP contribution in [0.15, 0.2) is 12.2 Å². The zero-order valence-corrected chi connectivity index (χ0v) is 13.3. The highest BCUT2D eigenvalue weighted by Gasteiger charge is 2.45. The predicted molar refractivity (Wildman–Crippen MR) is 71.7 cm³/mol. The lowest BCUT2D eigenvalue weighted by Crippen LogP contribution is -2.39. The van der Waals surface area contributed by atoms with Crippen molar-refractivity contribution in [3.05, 3.63) is 12.2 Å². The van der Waals surface area contributed by atoms with Crippen LogP contribution < -0.4 is 0 Å². The summed E-state index contributed by atoms with van der Waals surface area (Å²) in [5, 5.41) is 0. The number of ether oxygens (including phenoxy) is 2. The maximum atomic E-state index is 12.7. The van der Waals surface area contributed by atoms with Gasteiger partial charge < -0.3 is 9.47 Å². The normalized spacial score (nSPS) is 13.3. The van der Waals surface area contributed by atoms with Crippen LogP contribution in [-0.2, 0) is 33.4 Å². The molecule has 0 radical (unpaired) electrons. The third-order valence-electron chi connectivity index (χ3n) is 2.36. The molecule has 0 aliphatic carbocycles. The smallest absolute Gasteiger partial charge is 0.426 e. The first kappa shape index (κ1) is 21.4. The minimum absolute atomic E-state index is 0.0839. The number of carbonyl (C=O) groups excluding carboxylic acids is 2. The zero-order valence-electron chi connectivity index (χ0n) is 12.5. The number of hydrogen-bond donors (Lipinski definition) is 0. The average molecular weight is 362 g/mol. The van der Waals surface area contributed by atoms with E-state index in [1.54, 1.807) is 0 Å². The predicted octanol–water partition coefficient (Wildman–Crippen LogP) is 1.34. The fourth-order valence-electron chi connectivity index (χ4n) is 1.17.